The highest BCUT2D eigenvalue weighted by Crippen LogP contribution is 1.98. The molecule has 0 saturated carbocycles. The van der Waals surface area contributed by atoms with Gasteiger partial charge in [-0.3, -0.25) is 24.0 Å². The maximum Gasteiger partial charge on any atom is 0.326 e. The van der Waals surface area contributed by atoms with Crippen LogP contribution in [0.25, 0.3) is 0 Å². The van der Waals surface area contributed by atoms with Crippen LogP contribution in [0.3, 0.4) is 0 Å². The average Bonchev–Trinajstić information content (AvgIpc) is 2.58. The van der Waals surface area contributed by atoms with Gasteiger partial charge >= 0.3 is 17.9 Å². The first-order valence-corrected chi connectivity index (χ1v) is 7.78. The van der Waals surface area contributed by atoms with Crippen LogP contribution in [0.2, 0.25) is 0 Å². The molecule has 0 saturated heterocycles. The zero-order chi connectivity index (χ0) is 21.0. The van der Waals surface area contributed by atoms with Gasteiger partial charge in [-0.05, 0) is 12.8 Å². The van der Waals surface area contributed by atoms with Crippen LogP contribution in [0.15, 0.2) is 0 Å². The van der Waals surface area contributed by atoms with Crippen LogP contribution in [0.1, 0.15) is 25.7 Å². The Hall–Kier alpha value is -3.22. The topological polar surface area (TPSA) is 225 Å². The summed E-state index contributed by atoms with van der Waals surface area (Å²) in [5.41, 5.74) is 5.44. The van der Waals surface area contributed by atoms with E-state index in [1.165, 1.54) is 0 Å². The van der Waals surface area contributed by atoms with Gasteiger partial charge in [0, 0.05) is 12.8 Å². The molecule has 0 fully saturated rings. The van der Waals surface area contributed by atoms with Crippen molar-refractivity contribution in [3.63, 3.8) is 0 Å². The monoisotopic (exact) mass is 390 g/mol. The molecule has 0 radical (unpaired) electrons. The molecule has 0 spiro atoms. The summed E-state index contributed by atoms with van der Waals surface area (Å²) in [6, 6.07) is -2.53. The minimum absolute atomic E-state index is 0.113. The Bertz CT molecular complexity index is 593. The first-order valence-electron chi connectivity index (χ1n) is 7.78. The van der Waals surface area contributed by atoms with E-state index in [1.54, 1.807) is 0 Å². The number of nitrogens with two attached hydrogens (primary N) is 1. The Morgan fingerprint density at radius 1 is 0.778 bits per heavy atom. The summed E-state index contributed by atoms with van der Waals surface area (Å²) in [4.78, 5) is 66.4. The number of aliphatic carboxylic acids is 3. The highest BCUT2D eigenvalue weighted by molar-refractivity contribution is 5.90. The lowest BCUT2D eigenvalue weighted by Gasteiger charge is -2.14. The summed E-state index contributed by atoms with van der Waals surface area (Å²) in [5.74, 6) is -6.12. The van der Waals surface area contributed by atoms with Gasteiger partial charge in [0.2, 0.25) is 17.7 Å². The fourth-order valence-electron chi connectivity index (χ4n) is 1.72. The van der Waals surface area contributed by atoms with Gasteiger partial charge in [-0.2, -0.15) is 0 Å². The molecule has 2 atom stereocenters. The van der Waals surface area contributed by atoms with E-state index in [0.717, 1.165) is 0 Å². The van der Waals surface area contributed by atoms with Gasteiger partial charge in [-0.15, -0.1) is 0 Å². The van der Waals surface area contributed by atoms with E-state index in [4.69, 9.17) is 21.1 Å². The van der Waals surface area contributed by atoms with E-state index in [2.05, 4.69) is 16.0 Å². The first kappa shape index (κ1) is 23.8. The second-order valence-electron chi connectivity index (χ2n) is 5.42. The number of carbonyl (C=O) groups excluding carboxylic acids is 3. The molecule has 152 valence electrons. The van der Waals surface area contributed by atoms with Crippen LogP contribution in [0, 0.1) is 0 Å². The molecule has 0 bridgehead atoms. The molecule has 0 unspecified atom stereocenters. The van der Waals surface area contributed by atoms with Crippen LogP contribution in [-0.2, 0) is 28.8 Å². The third kappa shape index (κ3) is 11.9. The van der Waals surface area contributed by atoms with Crippen LogP contribution >= 0.6 is 0 Å². The van der Waals surface area contributed by atoms with Crippen molar-refractivity contribution in [2.45, 2.75) is 37.8 Å². The molecule has 8 N–H and O–H groups in total. The molecule has 3 amide bonds. The predicted molar refractivity (Wildman–Crippen MR) is 87.3 cm³/mol. The van der Waals surface area contributed by atoms with Crippen LogP contribution < -0.4 is 21.7 Å². The van der Waals surface area contributed by atoms with Crippen molar-refractivity contribution in [1.29, 1.82) is 0 Å². The number of carbonyl (C=O) groups is 6. The Kier molecular flexibility index (Phi) is 10.7. The Labute approximate surface area is 153 Å². The van der Waals surface area contributed by atoms with Gasteiger partial charge in [0.25, 0.3) is 0 Å². The molecular weight excluding hydrogens is 368 g/mol. The summed E-state index contributed by atoms with van der Waals surface area (Å²) >= 11 is 0. The maximum atomic E-state index is 11.6. The minimum Gasteiger partial charge on any atom is -0.481 e. The second-order valence-corrected chi connectivity index (χ2v) is 5.42. The van der Waals surface area contributed by atoms with Gasteiger partial charge in [0.05, 0.1) is 19.1 Å². The van der Waals surface area contributed by atoms with E-state index in [1.807, 2.05) is 0 Å². The lowest BCUT2D eigenvalue weighted by molar-refractivity contribution is -0.143. The predicted octanol–water partition coefficient (Wildman–Crippen LogP) is -3.15. The first-order chi connectivity index (χ1) is 12.5. The van der Waals surface area contributed by atoms with Crippen molar-refractivity contribution in [2.75, 3.05) is 13.1 Å². The van der Waals surface area contributed by atoms with Crippen molar-refractivity contribution in [2.24, 2.45) is 5.73 Å². The summed E-state index contributed by atoms with van der Waals surface area (Å²) in [6.07, 6.45) is -1.21. The van der Waals surface area contributed by atoms with Crippen molar-refractivity contribution in [3.8, 4) is 0 Å². The van der Waals surface area contributed by atoms with Gasteiger partial charge in [0.15, 0.2) is 0 Å². The quantitative estimate of drug-likeness (QED) is 0.167. The molecule has 27 heavy (non-hydrogen) atoms. The zero-order valence-electron chi connectivity index (χ0n) is 14.3. The summed E-state index contributed by atoms with van der Waals surface area (Å²) < 4.78 is 0. The Morgan fingerprint density at radius 3 is 1.81 bits per heavy atom. The van der Waals surface area contributed by atoms with Crippen molar-refractivity contribution in [3.05, 3.63) is 0 Å². The fraction of sp³-hybridized carbons (Fsp3) is 0.571. The van der Waals surface area contributed by atoms with Gasteiger partial charge < -0.3 is 37.0 Å². The number of rotatable bonds is 13. The average molecular weight is 390 g/mol. The van der Waals surface area contributed by atoms with E-state index >= 15 is 0 Å². The van der Waals surface area contributed by atoms with Crippen LogP contribution in [0.4, 0.5) is 0 Å². The van der Waals surface area contributed by atoms with Gasteiger partial charge in [0.1, 0.15) is 6.04 Å². The molecule has 0 rings (SSSR count). The molecule has 0 aromatic carbocycles. The van der Waals surface area contributed by atoms with Gasteiger partial charge in [-0.1, -0.05) is 0 Å². The van der Waals surface area contributed by atoms with Crippen molar-refractivity contribution in [1.82, 2.24) is 16.0 Å². The summed E-state index contributed by atoms with van der Waals surface area (Å²) in [7, 11) is 0. The number of carboxylic acid groups (broad SMARTS) is 3. The molecule has 0 aromatic heterocycles. The van der Waals surface area contributed by atoms with E-state index in [0.29, 0.717) is 0 Å². The third-order valence-corrected chi connectivity index (χ3v) is 3.16. The number of hydrogen-bond donors (Lipinski definition) is 7. The lowest BCUT2D eigenvalue weighted by Crippen LogP contribution is -2.48. The summed E-state index contributed by atoms with van der Waals surface area (Å²) in [5, 5.41) is 32.3. The molecule has 0 aliphatic rings. The normalized spacial score (nSPS) is 12.3. The number of carboxylic acids is 3. The maximum absolute atomic E-state index is 11.6. The fourth-order valence-corrected chi connectivity index (χ4v) is 1.72. The third-order valence-electron chi connectivity index (χ3n) is 3.16. The minimum atomic E-state index is -1.42. The number of amides is 3. The molecular formula is C14H22N4O9. The molecule has 0 aliphatic carbocycles. The standard InChI is InChI=1S/C14H22N4O9/c15-7(1-3-11(21)22)13(25)17-5-9(19)16-6-10(20)18-8(14(26)27)2-4-12(23)24/h7-8H,1-6,15H2,(H,16,19)(H,17,25)(H,18,20)(H,21,22)(H,23,24)(H,26,27)/t7-,8-/m0/s1. The Balaban J connectivity index is 4.19. The lowest BCUT2D eigenvalue weighted by atomic mass is 10.1. The highest BCUT2D eigenvalue weighted by atomic mass is 16.4. The molecule has 0 aromatic rings. The zero-order valence-corrected chi connectivity index (χ0v) is 14.3. The van der Waals surface area contributed by atoms with E-state index in [9.17, 15) is 28.8 Å². The largest absolute Gasteiger partial charge is 0.481 e. The molecule has 13 nitrogen and oxygen atoms in total. The number of nitrogens with one attached hydrogen (secondary N) is 3. The van der Waals surface area contributed by atoms with Gasteiger partial charge in [-0.25, -0.2) is 4.79 Å². The van der Waals surface area contributed by atoms with Crippen molar-refractivity contribution < 1.29 is 44.1 Å². The number of hydrogen-bond acceptors (Lipinski definition) is 7. The molecule has 0 aliphatic heterocycles. The molecule has 13 heteroatoms. The van der Waals surface area contributed by atoms with Crippen molar-refractivity contribution >= 4 is 35.6 Å². The van der Waals surface area contributed by atoms with E-state index in [-0.39, 0.29) is 19.3 Å². The summed E-state index contributed by atoms with van der Waals surface area (Å²) in [6.45, 7) is -1.11. The smallest absolute Gasteiger partial charge is 0.326 e. The Morgan fingerprint density at radius 2 is 1.30 bits per heavy atom. The van der Waals surface area contributed by atoms with E-state index < -0.39 is 67.2 Å². The van der Waals surface area contributed by atoms with Crippen LogP contribution in [0.5, 0.6) is 0 Å². The SMILES string of the molecule is N[C@@H](CCC(=O)O)C(=O)NCC(=O)NCC(=O)N[C@@H](CCC(=O)O)C(=O)O. The second kappa shape index (κ2) is 12.2. The van der Waals surface area contributed by atoms with Crippen LogP contribution in [-0.4, -0.2) is 76.1 Å². The highest BCUT2D eigenvalue weighted by Gasteiger charge is 2.21. The molecule has 0 heterocycles.